The number of rotatable bonds is 6. The van der Waals surface area contributed by atoms with Crippen LogP contribution in [0.25, 0.3) is 0 Å². The molecule has 0 radical (unpaired) electrons. The summed E-state index contributed by atoms with van der Waals surface area (Å²) in [5.74, 6) is -1.85. The van der Waals surface area contributed by atoms with E-state index in [-0.39, 0.29) is 19.0 Å². The lowest BCUT2D eigenvalue weighted by molar-refractivity contribution is -0.156. The molecule has 1 rings (SSSR count). The largest absolute Gasteiger partial charge is 0.480 e. The maximum absolute atomic E-state index is 12.1. The fraction of sp³-hybridized carbons (Fsp3) is 0.462. The fourth-order valence-corrected chi connectivity index (χ4v) is 2.39. The van der Waals surface area contributed by atoms with Crippen LogP contribution < -0.4 is 5.32 Å². The summed E-state index contributed by atoms with van der Waals surface area (Å²) >= 11 is 1.28. The lowest BCUT2D eigenvalue weighted by atomic mass is 10.0. The minimum atomic E-state index is -1.31. The standard InChI is InChI=1S/C13H18N2O4S/c1-4-15(13(2,3)12(18)19)10(16)8-14-11(17)9-6-5-7-20-9/h5-7H,4,8H2,1-3H3,(H,14,17)(H,18,19). The van der Waals surface area contributed by atoms with Crippen molar-refractivity contribution in [3.05, 3.63) is 22.4 Å². The highest BCUT2D eigenvalue weighted by molar-refractivity contribution is 7.12. The van der Waals surface area contributed by atoms with Gasteiger partial charge in [0.1, 0.15) is 5.54 Å². The van der Waals surface area contributed by atoms with Gasteiger partial charge in [0.15, 0.2) is 0 Å². The van der Waals surface area contributed by atoms with Gasteiger partial charge < -0.3 is 15.3 Å². The van der Waals surface area contributed by atoms with E-state index in [0.717, 1.165) is 0 Å². The molecule has 110 valence electrons. The van der Waals surface area contributed by atoms with Crippen LogP contribution in [0.2, 0.25) is 0 Å². The zero-order valence-electron chi connectivity index (χ0n) is 11.7. The van der Waals surface area contributed by atoms with Crippen LogP contribution in [0.4, 0.5) is 0 Å². The van der Waals surface area contributed by atoms with E-state index < -0.39 is 17.4 Å². The molecule has 0 aliphatic carbocycles. The average molecular weight is 298 g/mol. The topological polar surface area (TPSA) is 86.7 Å². The molecule has 0 fully saturated rings. The molecule has 0 bridgehead atoms. The number of carbonyl (C=O) groups excluding carboxylic acids is 2. The number of hydrogen-bond acceptors (Lipinski definition) is 4. The second kappa shape index (κ2) is 6.51. The van der Waals surface area contributed by atoms with Crippen molar-refractivity contribution in [2.24, 2.45) is 0 Å². The van der Waals surface area contributed by atoms with Gasteiger partial charge in [-0.25, -0.2) is 4.79 Å². The third kappa shape index (κ3) is 3.57. The molecule has 7 heteroatoms. The molecule has 2 amide bonds. The Morgan fingerprint density at radius 1 is 1.40 bits per heavy atom. The van der Waals surface area contributed by atoms with Gasteiger partial charge in [-0.05, 0) is 32.2 Å². The minimum Gasteiger partial charge on any atom is -0.480 e. The summed E-state index contributed by atoms with van der Waals surface area (Å²) in [7, 11) is 0. The molecule has 1 aromatic rings. The van der Waals surface area contributed by atoms with Crippen molar-refractivity contribution in [3.8, 4) is 0 Å². The molecular formula is C13H18N2O4S. The van der Waals surface area contributed by atoms with Crippen molar-refractivity contribution in [2.45, 2.75) is 26.3 Å². The van der Waals surface area contributed by atoms with Gasteiger partial charge in [0.2, 0.25) is 5.91 Å². The monoisotopic (exact) mass is 298 g/mol. The highest BCUT2D eigenvalue weighted by atomic mass is 32.1. The highest BCUT2D eigenvalue weighted by Crippen LogP contribution is 2.14. The zero-order valence-corrected chi connectivity index (χ0v) is 12.5. The van der Waals surface area contributed by atoms with E-state index in [1.165, 1.54) is 30.1 Å². The minimum absolute atomic E-state index is 0.221. The number of carboxylic acid groups (broad SMARTS) is 1. The predicted molar refractivity (Wildman–Crippen MR) is 75.8 cm³/mol. The van der Waals surface area contributed by atoms with Gasteiger partial charge in [-0.3, -0.25) is 9.59 Å². The van der Waals surface area contributed by atoms with Crippen molar-refractivity contribution in [2.75, 3.05) is 13.1 Å². The van der Waals surface area contributed by atoms with Gasteiger partial charge in [-0.15, -0.1) is 11.3 Å². The van der Waals surface area contributed by atoms with Crippen LogP contribution in [0, 0.1) is 0 Å². The third-order valence-corrected chi connectivity index (χ3v) is 3.83. The quantitative estimate of drug-likeness (QED) is 0.826. The van der Waals surface area contributed by atoms with E-state index in [2.05, 4.69) is 5.32 Å². The van der Waals surface area contributed by atoms with Gasteiger partial charge in [-0.1, -0.05) is 6.07 Å². The van der Waals surface area contributed by atoms with Gasteiger partial charge >= 0.3 is 5.97 Å². The average Bonchev–Trinajstić information content (AvgIpc) is 2.90. The smallest absolute Gasteiger partial charge is 0.329 e. The van der Waals surface area contributed by atoms with E-state index in [1.54, 1.807) is 24.4 Å². The molecule has 2 N–H and O–H groups in total. The van der Waals surface area contributed by atoms with Crippen molar-refractivity contribution in [1.29, 1.82) is 0 Å². The Morgan fingerprint density at radius 3 is 2.50 bits per heavy atom. The first-order valence-electron chi connectivity index (χ1n) is 6.16. The molecular weight excluding hydrogens is 280 g/mol. The first kappa shape index (κ1) is 16.2. The molecule has 0 aliphatic heterocycles. The van der Waals surface area contributed by atoms with Gasteiger partial charge in [0.05, 0.1) is 11.4 Å². The van der Waals surface area contributed by atoms with E-state index in [4.69, 9.17) is 5.11 Å². The SMILES string of the molecule is CCN(C(=O)CNC(=O)c1cccs1)C(C)(C)C(=O)O. The second-order valence-corrected chi connectivity index (χ2v) is 5.61. The molecule has 20 heavy (non-hydrogen) atoms. The Hall–Kier alpha value is -1.89. The molecule has 0 saturated heterocycles. The molecule has 0 spiro atoms. The van der Waals surface area contributed by atoms with Crippen molar-refractivity contribution in [3.63, 3.8) is 0 Å². The molecule has 1 heterocycles. The fourth-order valence-electron chi connectivity index (χ4n) is 1.75. The Morgan fingerprint density at radius 2 is 2.05 bits per heavy atom. The molecule has 1 aromatic heterocycles. The first-order valence-corrected chi connectivity index (χ1v) is 7.04. The predicted octanol–water partition coefficient (Wildman–Crippen LogP) is 1.19. The number of carbonyl (C=O) groups is 3. The zero-order chi connectivity index (χ0) is 15.3. The molecule has 0 saturated carbocycles. The van der Waals surface area contributed by atoms with Crippen molar-refractivity contribution in [1.82, 2.24) is 10.2 Å². The van der Waals surface area contributed by atoms with Crippen LogP contribution >= 0.6 is 11.3 Å². The van der Waals surface area contributed by atoms with Crippen LogP contribution in [0.3, 0.4) is 0 Å². The van der Waals surface area contributed by atoms with Crippen molar-refractivity contribution >= 4 is 29.1 Å². The van der Waals surface area contributed by atoms with Gasteiger partial charge in [-0.2, -0.15) is 0 Å². The van der Waals surface area contributed by atoms with Gasteiger partial charge in [0, 0.05) is 6.54 Å². The molecule has 0 atom stereocenters. The van der Waals surface area contributed by atoms with Crippen LogP contribution in [-0.4, -0.2) is 46.4 Å². The van der Waals surface area contributed by atoms with E-state index in [0.29, 0.717) is 4.88 Å². The lowest BCUT2D eigenvalue weighted by Crippen LogP contribution is -2.55. The maximum Gasteiger partial charge on any atom is 0.329 e. The Labute approximate surface area is 121 Å². The van der Waals surface area contributed by atoms with Crippen LogP contribution in [-0.2, 0) is 9.59 Å². The van der Waals surface area contributed by atoms with Crippen LogP contribution in [0.1, 0.15) is 30.4 Å². The Bertz CT molecular complexity index is 496. The van der Waals surface area contributed by atoms with Crippen molar-refractivity contribution < 1.29 is 19.5 Å². The maximum atomic E-state index is 12.1. The molecule has 6 nitrogen and oxygen atoms in total. The number of aliphatic carboxylic acids is 1. The number of nitrogens with one attached hydrogen (secondary N) is 1. The highest BCUT2D eigenvalue weighted by Gasteiger charge is 2.36. The van der Waals surface area contributed by atoms with Crippen LogP contribution in [0.15, 0.2) is 17.5 Å². The summed E-state index contributed by atoms with van der Waals surface area (Å²) in [4.78, 5) is 36.7. The Balaban J connectivity index is 2.65. The normalized spacial score (nSPS) is 10.9. The third-order valence-electron chi connectivity index (χ3n) is 2.96. The first-order chi connectivity index (χ1) is 9.30. The lowest BCUT2D eigenvalue weighted by Gasteiger charge is -2.34. The summed E-state index contributed by atoms with van der Waals surface area (Å²) in [6.07, 6.45) is 0. The summed E-state index contributed by atoms with van der Waals surface area (Å²) < 4.78 is 0. The van der Waals surface area contributed by atoms with Crippen LogP contribution in [0.5, 0.6) is 0 Å². The van der Waals surface area contributed by atoms with Gasteiger partial charge in [0.25, 0.3) is 5.91 Å². The summed E-state index contributed by atoms with van der Waals surface area (Å²) in [5, 5.41) is 13.4. The molecule has 0 aromatic carbocycles. The number of likely N-dealkylation sites (N-methyl/N-ethyl adjacent to an activating group) is 1. The summed E-state index contributed by atoms with van der Waals surface area (Å²) in [5.41, 5.74) is -1.31. The van der Waals surface area contributed by atoms with E-state index in [9.17, 15) is 14.4 Å². The second-order valence-electron chi connectivity index (χ2n) is 4.66. The van der Waals surface area contributed by atoms with E-state index >= 15 is 0 Å². The van der Waals surface area contributed by atoms with E-state index in [1.807, 2.05) is 0 Å². The summed E-state index contributed by atoms with van der Waals surface area (Å²) in [6.45, 7) is 4.65. The number of thiophene rings is 1. The number of amides is 2. The number of nitrogens with zero attached hydrogens (tertiary/aromatic N) is 1. The number of carboxylic acids is 1. The molecule has 0 unspecified atom stereocenters. The summed E-state index contributed by atoms with van der Waals surface area (Å²) in [6, 6.07) is 3.40. The molecule has 0 aliphatic rings. The number of hydrogen-bond donors (Lipinski definition) is 2. The Kier molecular flexibility index (Phi) is 5.26.